The fraction of sp³-hybridized carbons (Fsp3) is 0.357. The molecule has 0 bridgehead atoms. The number of aromatic nitrogens is 2. The van der Waals surface area contributed by atoms with Gasteiger partial charge in [0.1, 0.15) is 13.2 Å². The van der Waals surface area contributed by atoms with Gasteiger partial charge >= 0.3 is 0 Å². The first-order valence-electron chi connectivity index (χ1n) is 6.77. The summed E-state index contributed by atoms with van der Waals surface area (Å²) in [4.78, 5) is 21.0. The number of methoxy groups -OCH3 is 1. The van der Waals surface area contributed by atoms with E-state index in [9.17, 15) is 4.79 Å². The molecule has 0 unspecified atom stereocenters. The number of rotatable bonds is 5. The minimum atomic E-state index is -0.335. The van der Waals surface area contributed by atoms with Crippen molar-refractivity contribution in [2.75, 3.05) is 33.5 Å². The zero-order valence-electron chi connectivity index (χ0n) is 12.0. The Labute approximate surface area is 131 Å². The van der Waals surface area contributed by atoms with Crippen LogP contribution in [0.4, 0.5) is 0 Å². The van der Waals surface area contributed by atoms with Crippen LogP contribution in [0.1, 0.15) is 10.5 Å². The molecular formula is C14H15N3O4S. The largest absolute Gasteiger partial charge is 0.483 e. The zero-order chi connectivity index (χ0) is 15.4. The Hall–Kier alpha value is -2.19. The van der Waals surface area contributed by atoms with Gasteiger partial charge in [0, 0.05) is 24.6 Å². The van der Waals surface area contributed by atoms with E-state index in [1.807, 2.05) is 16.8 Å². The monoisotopic (exact) mass is 321 g/mol. The molecule has 2 aromatic rings. The Bertz CT molecular complexity index is 660. The molecule has 8 heteroatoms. The maximum Gasteiger partial charge on any atom is 0.274 e. The second-order valence-electron chi connectivity index (χ2n) is 4.49. The third kappa shape index (κ3) is 3.02. The van der Waals surface area contributed by atoms with E-state index in [1.165, 1.54) is 11.3 Å². The molecule has 3 heterocycles. The standard InChI is InChI=1S/C14H15N3O4S/c1-19-4-3-15-13(18)10-11-14(21-6-5-20-11)17-12(16-10)9-2-7-22-8-9/h2,7-8H,3-6H2,1H3,(H,15,18). The predicted octanol–water partition coefficient (Wildman–Crippen LogP) is 1.35. The lowest BCUT2D eigenvalue weighted by molar-refractivity contribution is 0.0918. The van der Waals surface area contributed by atoms with Crippen molar-refractivity contribution in [3.05, 3.63) is 22.5 Å². The van der Waals surface area contributed by atoms with Gasteiger partial charge in [0.25, 0.3) is 11.8 Å². The van der Waals surface area contributed by atoms with Crippen molar-refractivity contribution in [1.82, 2.24) is 15.3 Å². The van der Waals surface area contributed by atoms with Gasteiger partial charge in [-0.05, 0) is 11.4 Å². The number of nitrogens with zero attached hydrogens (tertiary/aromatic N) is 2. The van der Waals surface area contributed by atoms with Crippen molar-refractivity contribution in [2.24, 2.45) is 0 Å². The Balaban J connectivity index is 1.95. The maximum atomic E-state index is 12.3. The third-order valence-electron chi connectivity index (χ3n) is 2.99. The second kappa shape index (κ2) is 6.71. The van der Waals surface area contributed by atoms with Gasteiger partial charge in [-0.15, -0.1) is 0 Å². The van der Waals surface area contributed by atoms with Crippen LogP contribution in [0.25, 0.3) is 11.4 Å². The lowest BCUT2D eigenvalue weighted by Gasteiger charge is -2.19. The summed E-state index contributed by atoms with van der Waals surface area (Å²) in [5.74, 6) is 0.708. The van der Waals surface area contributed by atoms with Gasteiger partial charge < -0.3 is 19.5 Å². The van der Waals surface area contributed by atoms with Crippen LogP contribution < -0.4 is 14.8 Å². The van der Waals surface area contributed by atoms with E-state index < -0.39 is 0 Å². The van der Waals surface area contributed by atoms with Crippen LogP contribution in [0, 0.1) is 0 Å². The first-order valence-corrected chi connectivity index (χ1v) is 7.71. The van der Waals surface area contributed by atoms with Gasteiger partial charge in [0.2, 0.25) is 5.75 Å². The smallest absolute Gasteiger partial charge is 0.274 e. The maximum absolute atomic E-state index is 12.3. The summed E-state index contributed by atoms with van der Waals surface area (Å²) < 4.78 is 15.9. The van der Waals surface area contributed by atoms with Crippen LogP contribution in [-0.2, 0) is 4.74 Å². The summed E-state index contributed by atoms with van der Waals surface area (Å²) in [6, 6.07) is 1.89. The van der Waals surface area contributed by atoms with Crippen LogP contribution in [0.2, 0.25) is 0 Å². The molecule has 22 heavy (non-hydrogen) atoms. The van der Waals surface area contributed by atoms with Gasteiger partial charge in [-0.25, -0.2) is 4.98 Å². The van der Waals surface area contributed by atoms with Crippen molar-refractivity contribution in [3.8, 4) is 23.0 Å². The van der Waals surface area contributed by atoms with Crippen molar-refractivity contribution < 1.29 is 19.0 Å². The third-order valence-corrected chi connectivity index (χ3v) is 3.67. The predicted molar refractivity (Wildman–Crippen MR) is 80.5 cm³/mol. The molecule has 3 rings (SSSR count). The topological polar surface area (TPSA) is 82.6 Å². The van der Waals surface area contributed by atoms with E-state index in [1.54, 1.807) is 7.11 Å². The lowest BCUT2D eigenvalue weighted by atomic mass is 10.2. The normalized spacial score (nSPS) is 13.0. The van der Waals surface area contributed by atoms with Crippen LogP contribution in [0.3, 0.4) is 0 Å². The Morgan fingerprint density at radius 3 is 3.05 bits per heavy atom. The Morgan fingerprint density at radius 2 is 2.27 bits per heavy atom. The highest BCUT2D eigenvalue weighted by molar-refractivity contribution is 7.08. The highest BCUT2D eigenvalue weighted by Crippen LogP contribution is 2.33. The average molecular weight is 321 g/mol. The number of thiophene rings is 1. The fourth-order valence-electron chi connectivity index (χ4n) is 1.96. The van der Waals surface area contributed by atoms with Gasteiger partial charge in [0.05, 0.1) is 6.61 Å². The first-order chi connectivity index (χ1) is 10.8. The molecule has 116 valence electrons. The molecule has 2 aromatic heterocycles. The molecule has 1 aliphatic heterocycles. The molecule has 7 nitrogen and oxygen atoms in total. The van der Waals surface area contributed by atoms with Crippen LogP contribution >= 0.6 is 11.3 Å². The number of fused-ring (bicyclic) bond motifs is 1. The Kier molecular flexibility index (Phi) is 4.50. The molecule has 0 saturated carbocycles. The summed E-state index contributed by atoms with van der Waals surface area (Å²) in [6.07, 6.45) is 0. The van der Waals surface area contributed by atoms with Crippen molar-refractivity contribution in [1.29, 1.82) is 0 Å². The number of amides is 1. The lowest BCUT2D eigenvalue weighted by Crippen LogP contribution is -2.30. The second-order valence-corrected chi connectivity index (χ2v) is 5.27. The average Bonchev–Trinajstić information content (AvgIpc) is 3.08. The summed E-state index contributed by atoms with van der Waals surface area (Å²) in [5, 5.41) is 6.57. The molecular weight excluding hydrogens is 306 g/mol. The quantitative estimate of drug-likeness (QED) is 0.837. The minimum absolute atomic E-state index is 0.182. The number of carbonyl (C=O) groups excluding carboxylic acids is 1. The molecule has 1 N–H and O–H groups in total. The molecule has 0 aromatic carbocycles. The molecule has 0 saturated heterocycles. The number of hydrogen-bond donors (Lipinski definition) is 1. The van der Waals surface area contributed by atoms with E-state index in [0.29, 0.717) is 43.8 Å². The molecule has 1 amide bonds. The van der Waals surface area contributed by atoms with Crippen molar-refractivity contribution >= 4 is 17.2 Å². The van der Waals surface area contributed by atoms with Gasteiger partial charge in [-0.1, -0.05) is 0 Å². The van der Waals surface area contributed by atoms with E-state index in [2.05, 4.69) is 15.3 Å². The molecule has 0 fully saturated rings. The van der Waals surface area contributed by atoms with Gasteiger partial charge in [-0.2, -0.15) is 16.3 Å². The summed E-state index contributed by atoms with van der Waals surface area (Å²) >= 11 is 1.53. The molecule has 0 aliphatic carbocycles. The number of nitrogens with one attached hydrogen (secondary N) is 1. The van der Waals surface area contributed by atoms with Gasteiger partial charge in [0.15, 0.2) is 11.5 Å². The zero-order valence-corrected chi connectivity index (χ0v) is 12.8. The molecule has 0 radical (unpaired) electrons. The molecule has 0 spiro atoms. The minimum Gasteiger partial charge on any atom is -0.483 e. The van der Waals surface area contributed by atoms with E-state index in [4.69, 9.17) is 14.2 Å². The molecule has 1 aliphatic rings. The summed E-state index contributed by atoms with van der Waals surface area (Å²) in [5.41, 5.74) is 1.02. The van der Waals surface area contributed by atoms with Crippen molar-refractivity contribution in [2.45, 2.75) is 0 Å². The number of ether oxygens (including phenoxy) is 3. The van der Waals surface area contributed by atoms with Gasteiger partial charge in [-0.3, -0.25) is 4.79 Å². The highest BCUT2D eigenvalue weighted by atomic mass is 32.1. The van der Waals surface area contributed by atoms with E-state index in [0.717, 1.165) is 5.56 Å². The summed E-state index contributed by atoms with van der Waals surface area (Å²) in [7, 11) is 1.57. The SMILES string of the molecule is COCCNC(=O)c1nc(-c2ccsc2)nc2c1OCCO2. The van der Waals surface area contributed by atoms with E-state index >= 15 is 0 Å². The number of hydrogen-bond acceptors (Lipinski definition) is 7. The van der Waals surface area contributed by atoms with Crippen LogP contribution in [0.5, 0.6) is 11.6 Å². The molecule has 0 atom stereocenters. The fourth-order valence-corrected chi connectivity index (χ4v) is 2.60. The summed E-state index contributed by atoms with van der Waals surface area (Å²) in [6.45, 7) is 1.58. The Morgan fingerprint density at radius 1 is 1.41 bits per heavy atom. The van der Waals surface area contributed by atoms with Crippen LogP contribution in [-0.4, -0.2) is 49.4 Å². The van der Waals surface area contributed by atoms with Crippen LogP contribution in [0.15, 0.2) is 16.8 Å². The number of carbonyl (C=O) groups is 1. The first kappa shape index (κ1) is 14.7. The van der Waals surface area contributed by atoms with Crippen molar-refractivity contribution in [3.63, 3.8) is 0 Å². The van der Waals surface area contributed by atoms with E-state index in [-0.39, 0.29) is 11.6 Å². The highest BCUT2D eigenvalue weighted by Gasteiger charge is 2.25.